The van der Waals surface area contributed by atoms with E-state index in [2.05, 4.69) is 19.2 Å². The summed E-state index contributed by atoms with van der Waals surface area (Å²) < 4.78 is 5.32. The molecule has 0 unspecified atom stereocenters. The lowest BCUT2D eigenvalue weighted by Gasteiger charge is -2.37. The molecule has 0 radical (unpaired) electrons. The molecule has 7 heteroatoms. The first-order valence-electron chi connectivity index (χ1n) is 11.3. The summed E-state index contributed by atoms with van der Waals surface area (Å²) in [6, 6.07) is 8.01. The number of hydrogen-bond donors (Lipinski definition) is 2. The number of likely N-dealkylation sites (tertiary alicyclic amines) is 1. The smallest absolute Gasteiger partial charge is 0.320 e. The van der Waals surface area contributed by atoms with Crippen LogP contribution in [0.4, 0.5) is 0 Å². The topological polar surface area (TPSA) is 95.9 Å². The molecule has 0 aromatic heterocycles. The highest BCUT2D eigenvalue weighted by atomic mass is 16.5. The van der Waals surface area contributed by atoms with E-state index in [1.54, 1.807) is 6.92 Å². The van der Waals surface area contributed by atoms with Gasteiger partial charge in [-0.1, -0.05) is 57.0 Å². The van der Waals surface area contributed by atoms with Gasteiger partial charge < -0.3 is 15.2 Å². The molecule has 4 atom stereocenters. The highest BCUT2D eigenvalue weighted by molar-refractivity contribution is 5.80. The summed E-state index contributed by atoms with van der Waals surface area (Å²) in [5.74, 6) is -1.79. The quantitative estimate of drug-likeness (QED) is 0.521. The Hall–Kier alpha value is -2.41. The number of benzene rings is 1. The van der Waals surface area contributed by atoms with Crippen molar-refractivity contribution in [3.05, 3.63) is 35.9 Å². The number of ether oxygens (including phenoxy) is 1. The first kappa shape index (κ1) is 24.9. The maximum atomic E-state index is 12.9. The molecule has 172 valence electrons. The Morgan fingerprint density at radius 3 is 2.32 bits per heavy atom. The number of carbonyl (C=O) groups is 3. The zero-order chi connectivity index (χ0) is 23.0. The van der Waals surface area contributed by atoms with Gasteiger partial charge in [-0.15, -0.1) is 0 Å². The molecule has 1 heterocycles. The first-order valence-corrected chi connectivity index (χ1v) is 11.3. The van der Waals surface area contributed by atoms with Crippen molar-refractivity contribution in [2.24, 2.45) is 11.8 Å². The monoisotopic (exact) mass is 432 g/mol. The molecule has 7 nitrogen and oxygen atoms in total. The minimum Gasteiger partial charge on any atom is -0.480 e. The van der Waals surface area contributed by atoms with Gasteiger partial charge in [0.05, 0.1) is 12.5 Å². The number of nitrogens with zero attached hydrogens (tertiary/aromatic N) is 1. The lowest BCUT2D eigenvalue weighted by atomic mass is 9.85. The summed E-state index contributed by atoms with van der Waals surface area (Å²) in [5.41, 5.74) is 0.965. The van der Waals surface area contributed by atoms with Crippen LogP contribution in [0.1, 0.15) is 58.9 Å². The van der Waals surface area contributed by atoms with Crippen molar-refractivity contribution in [3.63, 3.8) is 0 Å². The zero-order valence-corrected chi connectivity index (χ0v) is 19.0. The van der Waals surface area contributed by atoms with Gasteiger partial charge in [-0.3, -0.25) is 19.3 Å². The molecule has 1 aromatic carbocycles. The van der Waals surface area contributed by atoms with E-state index in [-0.39, 0.29) is 25.0 Å². The van der Waals surface area contributed by atoms with Gasteiger partial charge in [-0.05, 0) is 31.2 Å². The van der Waals surface area contributed by atoms with Crippen LogP contribution in [0.3, 0.4) is 0 Å². The molecule has 0 bridgehead atoms. The van der Waals surface area contributed by atoms with Crippen LogP contribution in [0, 0.1) is 11.8 Å². The molecule has 1 amide bonds. The minimum absolute atomic E-state index is 0.171. The van der Waals surface area contributed by atoms with Gasteiger partial charge in [0.25, 0.3) is 0 Å². The van der Waals surface area contributed by atoms with Crippen LogP contribution in [0.15, 0.2) is 30.3 Å². The zero-order valence-electron chi connectivity index (χ0n) is 19.0. The average molecular weight is 433 g/mol. The van der Waals surface area contributed by atoms with Crippen LogP contribution < -0.4 is 5.32 Å². The normalized spacial score (nSPS) is 22.3. The molecular weight excluding hydrogens is 396 g/mol. The second-order valence-electron chi connectivity index (χ2n) is 8.32. The van der Waals surface area contributed by atoms with Crippen molar-refractivity contribution in [1.82, 2.24) is 10.2 Å². The van der Waals surface area contributed by atoms with Crippen LogP contribution in [0.2, 0.25) is 0 Å². The SMILES string of the molecule is CCOC(=O)[C@@H]1C[C@H](C(=O)O)N(Cc2ccccc2)[C@H]1[C@H](CC(CC)CC)NC(C)=O. The van der Waals surface area contributed by atoms with Crippen molar-refractivity contribution < 1.29 is 24.2 Å². The van der Waals surface area contributed by atoms with Gasteiger partial charge in [-0.25, -0.2) is 0 Å². The molecule has 2 N–H and O–H groups in total. The summed E-state index contributed by atoms with van der Waals surface area (Å²) in [5, 5.41) is 13.0. The van der Waals surface area contributed by atoms with Crippen LogP contribution in [0.25, 0.3) is 0 Å². The molecule has 0 saturated carbocycles. The summed E-state index contributed by atoms with van der Waals surface area (Å²) in [6.45, 7) is 8.04. The molecule has 1 saturated heterocycles. The van der Waals surface area contributed by atoms with Gasteiger partial charge in [0.15, 0.2) is 0 Å². The van der Waals surface area contributed by atoms with Gasteiger partial charge in [0, 0.05) is 25.6 Å². The van der Waals surface area contributed by atoms with Crippen molar-refractivity contribution in [2.45, 2.75) is 78.0 Å². The fraction of sp³-hybridized carbons (Fsp3) is 0.625. The first-order chi connectivity index (χ1) is 14.8. The van der Waals surface area contributed by atoms with E-state index in [1.807, 2.05) is 35.2 Å². The van der Waals surface area contributed by atoms with E-state index in [4.69, 9.17) is 4.74 Å². The predicted octanol–water partition coefficient (Wildman–Crippen LogP) is 3.22. The number of carbonyl (C=O) groups excluding carboxylic acids is 2. The maximum Gasteiger partial charge on any atom is 0.320 e. The Balaban J connectivity index is 2.49. The van der Waals surface area contributed by atoms with E-state index in [9.17, 15) is 19.5 Å². The molecule has 1 aromatic rings. The van der Waals surface area contributed by atoms with Crippen molar-refractivity contribution in [1.29, 1.82) is 0 Å². The number of amides is 1. The molecular formula is C24H36N2O5. The number of esters is 1. The Morgan fingerprint density at radius 2 is 1.81 bits per heavy atom. The fourth-order valence-electron chi connectivity index (χ4n) is 4.73. The van der Waals surface area contributed by atoms with E-state index < -0.39 is 29.9 Å². The van der Waals surface area contributed by atoms with Gasteiger partial charge in [0.1, 0.15) is 6.04 Å². The molecule has 1 aliphatic rings. The third-order valence-electron chi connectivity index (χ3n) is 6.30. The fourth-order valence-corrected chi connectivity index (χ4v) is 4.73. The van der Waals surface area contributed by atoms with Crippen molar-refractivity contribution in [3.8, 4) is 0 Å². The highest BCUT2D eigenvalue weighted by Crippen LogP contribution is 2.37. The van der Waals surface area contributed by atoms with Crippen LogP contribution in [-0.2, 0) is 25.7 Å². The average Bonchev–Trinajstić information content (AvgIpc) is 3.11. The largest absolute Gasteiger partial charge is 0.480 e. The molecule has 0 aliphatic carbocycles. The third-order valence-corrected chi connectivity index (χ3v) is 6.30. The van der Waals surface area contributed by atoms with E-state index in [0.29, 0.717) is 18.9 Å². The van der Waals surface area contributed by atoms with Gasteiger partial charge >= 0.3 is 11.9 Å². The standard InChI is InChI=1S/C24H36N2O5/c1-5-17(6-2)13-20(25-16(4)27)22-19(24(30)31-7-3)14-21(23(28)29)26(22)15-18-11-9-8-10-12-18/h8-12,17,19-22H,5-7,13-15H2,1-4H3,(H,25,27)(H,28,29)/t19-,20+,21-,22-/m1/s1. The molecule has 31 heavy (non-hydrogen) atoms. The number of carboxylic acids is 1. The Labute approximate surface area is 185 Å². The maximum absolute atomic E-state index is 12.9. The number of nitrogens with one attached hydrogen (secondary N) is 1. The highest BCUT2D eigenvalue weighted by Gasteiger charge is 2.51. The van der Waals surface area contributed by atoms with Gasteiger partial charge in [-0.2, -0.15) is 0 Å². The van der Waals surface area contributed by atoms with Crippen molar-refractivity contribution >= 4 is 17.8 Å². The van der Waals surface area contributed by atoms with Gasteiger partial charge in [0.2, 0.25) is 5.91 Å². The van der Waals surface area contributed by atoms with Crippen LogP contribution in [0.5, 0.6) is 0 Å². The lowest BCUT2D eigenvalue weighted by molar-refractivity contribution is -0.149. The minimum atomic E-state index is -0.961. The molecule has 1 fully saturated rings. The summed E-state index contributed by atoms with van der Waals surface area (Å²) >= 11 is 0. The number of carboxylic acid groups (broad SMARTS) is 1. The van der Waals surface area contributed by atoms with Crippen LogP contribution >= 0.6 is 0 Å². The number of rotatable bonds is 11. The number of hydrogen-bond acceptors (Lipinski definition) is 5. The van der Waals surface area contributed by atoms with E-state index >= 15 is 0 Å². The Kier molecular flexibility index (Phi) is 9.49. The van der Waals surface area contributed by atoms with E-state index in [0.717, 1.165) is 18.4 Å². The summed E-state index contributed by atoms with van der Waals surface area (Å²) in [4.78, 5) is 39.0. The third kappa shape index (κ3) is 6.53. The molecule has 1 aliphatic heterocycles. The Morgan fingerprint density at radius 1 is 1.16 bits per heavy atom. The second kappa shape index (κ2) is 11.8. The summed E-state index contributed by atoms with van der Waals surface area (Å²) in [6.07, 6.45) is 2.75. The molecule has 2 rings (SSSR count). The van der Waals surface area contributed by atoms with E-state index in [1.165, 1.54) is 6.92 Å². The predicted molar refractivity (Wildman–Crippen MR) is 118 cm³/mol. The number of aliphatic carboxylic acids is 1. The lowest BCUT2D eigenvalue weighted by Crippen LogP contribution is -2.54. The second-order valence-corrected chi connectivity index (χ2v) is 8.32. The van der Waals surface area contributed by atoms with Crippen molar-refractivity contribution in [2.75, 3.05) is 6.61 Å². The Bertz CT molecular complexity index is 735. The summed E-state index contributed by atoms with van der Waals surface area (Å²) in [7, 11) is 0. The van der Waals surface area contributed by atoms with Crippen LogP contribution in [-0.4, -0.2) is 52.6 Å². The molecule has 0 spiro atoms.